The molecule has 1 saturated heterocycles. The first-order valence-corrected chi connectivity index (χ1v) is 8.95. The van der Waals surface area contributed by atoms with Crippen LogP contribution in [0.2, 0.25) is 0 Å². The minimum atomic E-state index is -3.28. The molecule has 1 aromatic carbocycles. The second-order valence-corrected chi connectivity index (χ2v) is 7.86. The number of nitrogens with two attached hydrogens (primary N) is 1. The van der Waals surface area contributed by atoms with E-state index in [4.69, 9.17) is 5.73 Å². The van der Waals surface area contributed by atoms with Gasteiger partial charge in [0, 0.05) is 19.6 Å². The van der Waals surface area contributed by atoms with E-state index in [1.54, 1.807) is 11.4 Å². The molecule has 0 radical (unpaired) electrons. The van der Waals surface area contributed by atoms with Crippen molar-refractivity contribution in [1.29, 1.82) is 0 Å². The highest BCUT2D eigenvalue weighted by molar-refractivity contribution is 7.88. The minimum absolute atomic E-state index is 0.0453. The van der Waals surface area contributed by atoms with Gasteiger partial charge in [-0.2, -0.15) is 0 Å². The zero-order valence-corrected chi connectivity index (χ0v) is 13.6. The molecule has 2 N–H and O–H groups in total. The Balaban J connectivity index is 2.06. The first kappa shape index (κ1) is 16.4. The van der Waals surface area contributed by atoms with E-state index in [0.29, 0.717) is 6.54 Å². The molecule has 118 valence electrons. The predicted octanol–water partition coefficient (Wildman–Crippen LogP) is 1.00. The Hall–Kier alpha value is -0.950. The third-order valence-corrected chi connectivity index (χ3v) is 6.09. The molecule has 1 fully saturated rings. The lowest BCUT2D eigenvalue weighted by molar-refractivity contribution is 0.197. The number of piperidine rings is 1. The second-order valence-electron chi connectivity index (χ2n) is 5.83. The lowest BCUT2D eigenvalue weighted by Crippen LogP contribution is -2.44. The minimum Gasteiger partial charge on any atom is -0.326 e. The topological polar surface area (TPSA) is 66.6 Å². The number of rotatable bonds is 5. The number of hydrogen-bond donors (Lipinski definition) is 1. The van der Waals surface area contributed by atoms with Gasteiger partial charge in [-0.25, -0.2) is 12.7 Å². The second kappa shape index (κ2) is 6.87. The van der Waals surface area contributed by atoms with Crippen molar-refractivity contribution >= 4 is 10.0 Å². The molecule has 0 atom stereocenters. The van der Waals surface area contributed by atoms with Crippen LogP contribution < -0.4 is 5.73 Å². The highest BCUT2D eigenvalue weighted by Gasteiger charge is 2.28. The average molecular weight is 311 g/mol. The first-order chi connectivity index (χ1) is 9.92. The van der Waals surface area contributed by atoms with Crippen molar-refractivity contribution in [2.75, 3.05) is 27.2 Å². The van der Waals surface area contributed by atoms with Crippen LogP contribution in [0, 0.1) is 0 Å². The molecule has 0 aromatic heterocycles. The van der Waals surface area contributed by atoms with Gasteiger partial charge in [-0.05, 0) is 44.1 Å². The molecule has 1 heterocycles. The zero-order chi connectivity index (χ0) is 15.5. The van der Waals surface area contributed by atoms with E-state index in [9.17, 15) is 8.42 Å². The monoisotopic (exact) mass is 311 g/mol. The molecule has 0 amide bonds. The van der Waals surface area contributed by atoms with E-state index in [-0.39, 0.29) is 11.8 Å². The van der Waals surface area contributed by atoms with Crippen LogP contribution in [0.1, 0.15) is 24.0 Å². The predicted molar refractivity (Wildman–Crippen MR) is 85.2 cm³/mol. The van der Waals surface area contributed by atoms with Crippen LogP contribution in [-0.2, 0) is 22.3 Å². The summed E-state index contributed by atoms with van der Waals surface area (Å²) in [5, 5.41) is 0. The normalized spacial score (nSPS) is 18.3. The van der Waals surface area contributed by atoms with Gasteiger partial charge in [0.15, 0.2) is 0 Å². The Morgan fingerprint density at radius 2 is 1.90 bits per heavy atom. The molecule has 2 rings (SSSR count). The van der Waals surface area contributed by atoms with Crippen molar-refractivity contribution in [2.24, 2.45) is 5.73 Å². The van der Waals surface area contributed by atoms with E-state index in [1.807, 2.05) is 24.3 Å². The highest BCUT2D eigenvalue weighted by Crippen LogP contribution is 2.20. The molecule has 0 saturated carbocycles. The van der Waals surface area contributed by atoms with Crippen LogP contribution in [0.4, 0.5) is 0 Å². The van der Waals surface area contributed by atoms with Gasteiger partial charge in [-0.15, -0.1) is 0 Å². The Bertz CT molecular complexity index is 566. The van der Waals surface area contributed by atoms with E-state index >= 15 is 0 Å². The molecular weight excluding hydrogens is 286 g/mol. The van der Waals surface area contributed by atoms with Gasteiger partial charge in [0.05, 0.1) is 5.75 Å². The zero-order valence-electron chi connectivity index (χ0n) is 12.8. The first-order valence-electron chi connectivity index (χ1n) is 7.34. The molecule has 5 nitrogen and oxygen atoms in total. The molecule has 1 aliphatic rings. The smallest absolute Gasteiger partial charge is 0.218 e. The van der Waals surface area contributed by atoms with Crippen molar-refractivity contribution in [1.82, 2.24) is 9.21 Å². The van der Waals surface area contributed by atoms with Crippen molar-refractivity contribution < 1.29 is 8.42 Å². The van der Waals surface area contributed by atoms with Crippen molar-refractivity contribution in [3.8, 4) is 0 Å². The van der Waals surface area contributed by atoms with E-state index in [0.717, 1.165) is 37.1 Å². The summed E-state index contributed by atoms with van der Waals surface area (Å²) in [5.74, 6) is 0.0453. The lowest BCUT2D eigenvalue weighted by atomic mass is 10.1. The molecule has 0 spiro atoms. The van der Waals surface area contributed by atoms with Crippen LogP contribution in [-0.4, -0.2) is 50.8 Å². The van der Waals surface area contributed by atoms with Gasteiger partial charge in [-0.1, -0.05) is 24.3 Å². The summed E-state index contributed by atoms with van der Waals surface area (Å²) in [5.41, 5.74) is 7.37. The van der Waals surface area contributed by atoms with Crippen LogP contribution >= 0.6 is 0 Å². The number of nitrogens with zero attached hydrogens (tertiary/aromatic N) is 2. The standard InChI is InChI=1S/C15H25N3O2S/c1-17-8-6-15(7-9-17)18(2)21(19,20)12-14-5-3-4-13(10-14)11-16/h3-5,10,15H,6-9,11-12,16H2,1-2H3. The fourth-order valence-corrected chi connectivity index (χ4v) is 4.21. The maximum atomic E-state index is 12.6. The number of hydrogen-bond acceptors (Lipinski definition) is 4. The highest BCUT2D eigenvalue weighted by atomic mass is 32.2. The summed E-state index contributed by atoms with van der Waals surface area (Å²) < 4.78 is 26.7. The quantitative estimate of drug-likeness (QED) is 0.881. The molecule has 1 aromatic rings. The van der Waals surface area contributed by atoms with Gasteiger partial charge in [0.2, 0.25) is 10.0 Å². The van der Waals surface area contributed by atoms with Crippen LogP contribution in [0.3, 0.4) is 0 Å². The lowest BCUT2D eigenvalue weighted by Gasteiger charge is -2.34. The molecular formula is C15H25N3O2S. The molecule has 1 aliphatic heterocycles. The largest absolute Gasteiger partial charge is 0.326 e. The van der Waals surface area contributed by atoms with E-state index in [1.165, 1.54) is 0 Å². The van der Waals surface area contributed by atoms with Gasteiger partial charge < -0.3 is 10.6 Å². The maximum absolute atomic E-state index is 12.6. The molecule has 0 unspecified atom stereocenters. The van der Waals surface area contributed by atoms with Crippen molar-refractivity contribution in [2.45, 2.75) is 31.2 Å². The summed E-state index contributed by atoms with van der Waals surface area (Å²) in [6.07, 6.45) is 1.80. The number of likely N-dealkylation sites (tertiary alicyclic amines) is 1. The summed E-state index contributed by atoms with van der Waals surface area (Å²) in [6.45, 7) is 2.33. The van der Waals surface area contributed by atoms with Crippen molar-refractivity contribution in [3.63, 3.8) is 0 Å². The fraction of sp³-hybridized carbons (Fsp3) is 0.600. The van der Waals surface area contributed by atoms with Crippen molar-refractivity contribution in [3.05, 3.63) is 35.4 Å². The van der Waals surface area contributed by atoms with Gasteiger partial charge in [-0.3, -0.25) is 0 Å². The molecule has 0 bridgehead atoms. The maximum Gasteiger partial charge on any atom is 0.218 e. The molecule has 0 aliphatic carbocycles. The van der Waals surface area contributed by atoms with Crippen LogP contribution in [0.25, 0.3) is 0 Å². The van der Waals surface area contributed by atoms with E-state index < -0.39 is 10.0 Å². The average Bonchev–Trinajstić information content (AvgIpc) is 2.47. The third-order valence-electron chi connectivity index (χ3n) is 4.22. The third kappa shape index (κ3) is 4.26. The summed E-state index contributed by atoms with van der Waals surface area (Å²) in [4.78, 5) is 2.24. The molecule has 6 heteroatoms. The fourth-order valence-electron chi connectivity index (χ4n) is 2.74. The van der Waals surface area contributed by atoms with Crippen LogP contribution in [0.15, 0.2) is 24.3 Å². The van der Waals surface area contributed by atoms with Gasteiger partial charge >= 0.3 is 0 Å². The van der Waals surface area contributed by atoms with Crippen LogP contribution in [0.5, 0.6) is 0 Å². The summed E-state index contributed by atoms with van der Waals surface area (Å²) in [7, 11) is 0.497. The SMILES string of the molecule is CN1CCC(N(C)S(=O)(=O)Cc2cccc(CN)c2)CC1. The Morgan fingerprint density at radius 3 is 2.52 bits per heavy atom. The Morgan fingerprint density at radius 1 is 1.29 bits per heavy atom. The van der Waals surface area contributed by atoms with Gasteiger partial charge in [0.1, 0.15) is 0 Å². The summed E-state index contributed by atoms with van der Waals surface area (Å²) >= 11 is 0. The molecule has 21 heavy (non-hydrogen) atoms. The number of sulfonamides is 1. The van der Waals surface area contributed by atoms with Gasteiger partial charge in [0.25, 0.3) is 0 Å². The summed E-state index contributed by atoms with van der Waals surface area (Å²) in [6, 6.07) is 7.61. The van der Waals surface area contributed by atoms with E-state index in [2.05, 4.69) is 11.9 Å². The number of benzene rings is 1. The Labute approximate surface area is 127 Å². The Kier molecular flexibility index (Phi) is 5.37.